The maximum absolute atomic E-state index is 14.0. The van der Waals surface area contributed by atoms with Gasteiger partial charge in [-0.15, -0.1) is 0 Å². The van der Waals surface area contributed by atoms with E-state index in [0.29, 0.717) is 6.42 Å². The fraction of sp³-hybridized carbons (Fsp3) is 0.429. The molecule has 0 bridgehead atoms. The smallest absolute Gasteiger partial charge is 0.308 e. The molecule has 0 saturated heterocycles. The number of hydrogen-bond donors (Lipinski definition) is 2. The number of carbonyl (C=O) groups is 1. The highest BCUT2D eigenvalue weighted by Gasteiger charge is 2.20. The van der Waals surface area contributed by atoms with Crippen LogP contribution in [0.5, 0.6) is 0 Å². The van der Waals surface area contributed by atoms with Gasteiger partial charge in [-0.1, -0.05) is 13.8 Å². The highest BCUT2D eigenvalue weighted by atomic mass is 79.9. The van der Waals surface area contributed by atoms with Crippen molar-refractivity contribution in [2.24, 2.45) is 11.8 Å². The van der Waals surface area contributed by atoms with Gasteiger partial charge in [0.05, 0.1) is 21.6 Å². The van der Waals surface area contributed by atoms with E-state index in [1.54, 1.807) is 0 Å². The van der Waals surface area contributed by atoms with Crippen LogP contribution in [0, 0.1) is 29.0 Å². The third-order valence-electron chi connectivity index (χ3n) is 2.85. The lowest BCUT2D eigenvalue weighted by Crippen LogP contribution is -2.24. The molecule has 0 saturated carbocycles. The lowest BCUT2D eigenvalue weighted by molar-refractivity contribution is -0.141. The monoisotopic (exact) mass is 342 g/mol. The highest BCUT2D eigenvalue weighted by Crippen LogP contribution is 2.27. The van der Waals surface area contributed by atoms with Crippen LogP contribution < -0.4 is 5.32 Å². The van der Waals surface area contributed by atoms with Crippen LogP contribution in [-0.2, 0) is 4.79 Å². The normalized spacial score (nSPS) is 12.0. The molecule has 6 heteroatoms. The largest absolute Gasteiger partial charge is 0.481 e. The minimum absolute atomic E-state index is 0.0840. The van der Waals surface area contributed by atoms with Crippen LogP contribution in [0.15, 0.2) is 16.6 Å². The van der Waals surface area contributed by atoms with Gasteiger partial charge in [-0.25, -0.2) is 4.39 Å². The molecule has 0 aliphatic rings. The van der Waals surface area contributed by atoms with Crippen molar-refractivity contribution in [1.29, 1.82) is 5.26 Å². The molecular formula is C14H16BrFN2O2. The first-order valence-electron chi connectivity index (χ1n) is 6.21. The van der Waals surface area contributed by atoms with Gasteiger partial charge in [0.1, 0.15) is 6.07 Å². The van der Waals surface area contributed by atoms with Gasteiger partial charge in [0.15, 0.2) is 5.82 Å². The first-order chi connectivity index (χ1) is 9.36. The molecule has 108 valence electrons. The van der Waals surface area contributed by atoms with Crippen molar-refractivity contribution in [3.05, 3.63) is 28.0 Å². The summed E-state index contributed by atoms with van der Waals surface area (Å²) in [5.41, 5.74) is 0.385. The van der Waals surface area contributed by atoms with Gasteiger partial charge in [0, 0.05) is 6.54 Å². The topological polar surface area (TPSA) is 73.1 Å². The van der Waals surface area contributed by atoms with E-state index in [2.05, 4.69) is 21.2 Å². The molecule has 1 aromatic carbocycles. The fourth-order valence-corrected chi connectivity index (χ4v) is 2.28. The van der Waals surface area contributed by atoms with Gasteiger partial charge in [0.2, 0.25) is 0 Å². The van der Waals surface area contributed by atoms with E-state index in [-0.39, 0.29) is 28.2 Å². The molecule has 1 atom stereocenters. The molecule has 20 heavy (non-hydrogen) atoms. The second-order valence-corrected chi connectivity index (χ2v) is 5.74. The Kier molecular flexibility index (Phi) is 5.96. The third-order valence-corrected chi connectivity index (χ3v) is 3.62. The lowest BCUT2D eigenvalue weighted by atomic mass is 9.97. The average molecular weight is 343 g/mol. The molecule has 0 heterocycles. The maximum atomic E-state index is 14.0. The first-order valence-corrected chi connectivity index (χ1v) is 7.00. The van der Waals surface area contributed by atoms with Crippen LogP contribution in [-0.4, -0.2) is 17.6 Å². The Morgan fingerprint density at radius 1 is 1.55 bits per heavy atom. The second kappa shape index (κ2) is 7.25. The van der Waals surface area contributed by atoms with E-state index in [0.717, 1.165) is 0 Å². The molecule has 1 rings (SSSR count). The molecule has 0 spiro atoms. The predicted molar refractivity (Wildman–Crippen MR) is 77.9 cm³/mol. The molecule has 1 aromatic rings. The number of nitriles is 1. The number of anilines is 1. The number of nitrogens with zero attached hydrogens (tertiary/aromatic N) is 1. The van der Waals surface area contributed by atoms with Crippen molar-refractivity contribution in [2.45, 2.75) is 20.3 Å². The molecule has 0 amide bonds. The Balaban J connectivity index is 2.81. The van der Waals surface area contributed by atoms with Crippen LogP contribution in [0.1, 0.15) is 25.8 Å². The number of carboxylic acids is 1. The number of rotatable bonds is 6. The van der Waals surface area contributed by atoms with Crippen LogP contribution >= 0.6 is 15.9 Å². The summed E-state index contributed by atoms with van der Waals surface area (Å²) < 4.78 is 14.0. The van der Waals surface area contributed by atoms with E-state index >= 15 is 0 Å². The third kappa shape index (κ3) is 4.20. The molecule has 0 aliphatic heterocycles. The summed E-state index contributed by atoms with van der Waals surface area (Å²) in [6.07, 6.45) is 0.515. The van der Waals surface area contributed by atoms with E-state index < -0.39 is 17.7 Å². The SMILES string of the molecule is CC(C)CC(CNc1ccc(C#N)c(Br)c1F)C(=O)O. The van der Waals surface area contributed by atoms with Crippen molar-refractivity contribution in [2.75, 3.05) is 11.9 Å². The average Bonchev–Trinajstić information content (AvgIpc) is 2.38. The Morgan fingerprint density at radius 2 is 2.20 bits per heavy atom. The number of aliphatic carboxylic acids is 1. The van der Waals surface area contributed by atoms with Crippen LogP contribution in [0.3, 0.4) is 0 Å². The minimum atomic E-state index is -0.903. The van der Waals surface area contributed by atoms with Gasteiger partial charge in [-0.3, -0.25) is 4.79 Å². The van der Waals surface area contributed by atoms with E-state index in [4.69, 9.17) is 10.4 Å². The summed E-state index contributed by atoms with van der Waals surface area (Å²) in [6.45, 7) is 4.02. The standard InChI is InChI=1S/C14H16BrFN2O2/c1-8(2)5-10(14(19)20)7-18-11-4-3-9(6-17)12(15)13(11)16/h3-4,8,10,18H,5,7H2,1-2H3,(H,19,20). The van der Waals surface area contributed by atoms with E-state index in [1.165, 1.54) is 12.1 Å². The zero-order chi connectivity index (χ0) is 15.3. The summed E-state index contributed by atoms with van der Waals surface area (Å²) in [6, 6.07) is 4.78. The maximum Gasteiger partial charge on any atom is 0.308 e. The Bertz CT molecular complexity index is 541. The van der Waals surface area contributed by atoms with Crippen LogP contribution in [0.2, 0.25) is 0 Å². The van der Waals surface area contributed by atoms with Crippen LogP contribution in [0.25, 0.3) is 0 Å². The molecule has 4 nitrogen and oxygen atoms in total. The van der Waals surface area contributed by atoms with Gasteiger partial charge in [0.25, 0.3) is 0 Å². The van der Waals surface area contributed by atoms with Crippen molar-refractivity contribution < 1.29 is 14.3 Å². The molecule has 0 fully saturated rings. The zero-order valence-corrected chi connectivity index (χ0v) is 12.9. The molecule has 1 unspecified atom stereocenters. The summed E-state index contributed by atoms with van der Waals surface area (Å²) in [7, 11) is 0. The van der Waals surface area contributed by atoms with E-state index in [9.17, 15) is 9.18 Å². The molecule has 0 aliphatic carbocycles. The Morgan fingerprint density at radius 3 is 2.70 bits per heavy atom. The summed E-state index contributed by atoms with van der Waals surface area (Å²) in [5.74, 6) is -1.82. The predicted octanol–water partition coefficient (Wildman–Crippen LogP) is 3.62. The number of nitrogens with one attached hydrogen (secondary N) is 1. The number of carboxylic acid groups (broad SMARTS) is 1. The first kappa shape index (κ1) is 16.4. The summed E-state index contributed by atoms with van der Waals surface area (Å²) in [5, 5.41) is 20.7. The van der Waals surface area contributed by atoms with Gasteiger partial charge >= 0.3 is 5.97 Å². The molecule has 0 aromatic heterocycles. The quantitative estimate of drug-likeness (QED) is 0.827. The van der Waals surface area contributed by atoms with Gasteiger partial charge < -0.3 is 10.4 Å². The molecule has 0 radical (unpaired) electrons. The zero-order valence-electron chi connectivity index (χ0n) is 11.3. The molecule has 2 N–H and O–H groups in total. The number of benzene rings is 1. The Labute approximate surface area is 125 Å². The van der Waals surface area contributed by atoms with E-state index in [1.807, 2.05) is 19.9 Å². The second-order valence-electron chi connectivity index (χ2n) is 4.95. The Hall–Kier alpha value is -1.61. The molecular weight excluding hydrogens is 327 g/mol. The fourth-order valence-electron chi connectivity index (χ4n) is 1.85. The lowest BCUT2D eigenvalue weighted by Gasteiger charge is -2.17. The highest BCUT2D eigenvalue weighted by molar-refractivity contribution is 9.10. The van der Waals surface area contributed by atoms with Crippen molar-refractivity contribution in [3.63, 3.8) is 0 Å². The van der Waals surface area contributed by atoms with Crippen molar-refractivity contribution in [3.8, 4) is 6.07 Å². The van der Waals surface area contributed by atoms with Crippen LogP contribution in [0.4, 0.5) is 10.1 Å². The summed E-state index contributed by atoms with van der Waals surface area (Å²) in [4.78, 5) is 11.1. The number of halogens is 2. The van der Waals surface area contributed by atoms with Gasteiger partial charge in [-0.05, 0) is 40.4 Å². The van der Waals surface area contributed by atoms with Gasteiger partial charge in [-0.2, -0.15) is 5.26 Å². The summed E-state index contributed by atoms with van der Waals surface area (Å²) >= 11 is 3.01. The van der Waals surface area contributed by atoms with Crippen molar-refractivity contribution >= 4 is 27.6 Å². The number of hydrogen-bond acceptors (Lipinski definition) is 3. The van der Waals surface area contributed by atoms with Crippen molar-refractivity contribution in [1.82, 2.24) is 0 Å². The minimum Gasteiger partial charge on any atom is -0.481 e.